The maximum atomic E-state index is 2.76. The van der Waals surface area contributed by atoms with Crippen LogP contribution < -0.4 is 0 Å². The highest BCUT2D eigenvalue weighted by molar-refractivity contribution is 7.99. The summed E-state index contributed by atoms with van der Waals surface area (Å²) in [5, 5.41) is 0. The second-order valence-electron chi connectivity index (χ2n) is 7.57. The van der Waals surface area contributed by atoms with E-state index in [-0.39, 0.29) is 0 Å². The van der Waals surface area contributed by atoms with Gasteiger partial charge in [-0.15, -0.1) is 11.8 Å². The largest absolute Gasteiger partial charge is 0.297 e. The van der Waals surface area contributed by atoms with Gasteiger partial charge in [0.2, 0.25) is 0 Å². The summed E-state index contributed by atoms with van der Waals surface area (Å²) in [6.07, 6.45) is 6.57. The fourth-order valence-electron chi connectivity index (χ4n) is 4.61. The van der Waals surface area contributed by atoms with Crippen molar-refractivity contribution < 1.29 is 0 Å². The Morgan fingerprint density at radius 3 is 2.52 bits per heavy atom. The van der Waals surface area contributed by atoms with Crippen LogP contribution in [0.5, 0.6) is 0 Å². The number of nitrogens with zero attached hydrogens (tertiary/aromatic N) is 1. The van der Waals surface area contributed by atoms with Crippen LogP contribution in [0.3, 0.4) is 0 Å². The Bertz CT molecular complexity index is 721. The summed E-state index contributed by atoms with van der Waals surface area (Å²) in [6.45, 7) is 5.92. The molecule has 132 valence electrons. The van der Waals surface area contributed by atoms with Gasteiger partial charge < -0.3 is 0 Å². The molecule has 1 fully saturated rings. The number of thioether (sulfide) groups is 1. The molecule has 0 N–H and O–H groups in total. The lowest BCUT2D eigenvalue weighted by atomic mass is 9.85. The van der Waals surface area contributed by atoms with Gasteiger partial charge in [0.05, 0.1) is 0 Å². The number of likely N-dealkylation sites (tertiary alicyclic amines) is 1. The van der Waals surface area contributed by atoms with E-state index < -0.39 is 0 Å². The third-order valence-corrected chi connectivity index (χ3v) is 6.87. The molecule has 25 heavy (non-hydrogen) atoms. The van der Waals surface area contributed by atoms with Gasteiger partial charge in [-0.25, -0.2) is 0 Å². The average molecular weight is 352 g/mol. The smallest absolute Gasteiger partial charge is 0.0142 e. The van der Waals surface area contributed by atoms with E-state index in [4.69, 9.17) is 0 Å². The van der Waals surface area contributed by atoms with Crippen molar-refractivity contribution in [3.8, 4) is 11.1 Å². The Balaban J connectivity index is 1.51. The van der Waals surface area contributed by atoms with E-state index in [9.17, 15) is 0 Å². The molecular weight excluding hydrogens is 322 g/mol. The van der Waals surface area contributed by atoms with E-state index >= 15 is 0 Å². The van der Waals surface area contributed by atoms with Gasteiger partial charge in [0.1, 0.15) is 0 Å². The molecule has 0 radical (unpaired) electrons. The second-order valence-corrected chi connectivity index (χ2v) is 8.90. The number of rotatable bonds is 4. The summed E-state index contributed by atoms with van der Waals surface area (Å²) in [6, 6.07) is 17.8. The number of benzene rings is 2. The molecule has 0 amide bonds. The fourth-order valence-corrected chi connectivity index (χ4v) is 5.27. The van der Waals surface area contributed by atoms with E-state index in [1.165, 1.54) is 54.7 Å². The number of aryl methyl sites for hydroxylation is 1. The minimum atomic E-state index is 0.765. The summed E-state index contributed by atoms with van der Waals surface area (Å²) in [5.41, 5.74) is 5.88. The molecule has 1 nitrogen and oxygen atoms in total. The lowest BCUT2D eigenvalue weighted by Gasteiger charge is -2.35. The van der Waals surface area contributed by atoms with Crippen LogP contribution in [-0.2, 0) is 12.8 Å². The Hall–Kier alpha value is -1.25. The minimum Gasteiger partial charge on any atom is -0.297 e. The zero-order valence-corrected chi connectivity index (χ0v) is 16.3. The molecule has 4 rings (SSSR count). The molecule has 2 aromatic carbocycles. The molecule has 1 heterocycles. The van der Waals surface area contributed by atoms with Crippen molar-refractivity contribution in [2.45, 2.75) is 62.9 Å². The lowest BCUT2D eigenvalue weighted by molar-refractivity contribution is 0.174. The molecule has 1 saturated heterocycles. The molecule has 1 aliphatic heterocycles. The van der Waals surface area contributed by atoms with Crippen molar-refractivity contribution >= 4 is 11.8 Å². The summed E-state index contributed by atoms with van der Waals surface area (Å²) in [4.78, 5) is 4.13. The standard InChI is InChI=1S/C23H29NS/c1-3-25-23-12-9-18(10-13-23)19-6-7-21-16-22(11-8-20(21)15-19)24-14-4-5-17(24)2/h6-7,9-10,12-13,15,17,22H,3-5,8,11,14,16H2,1-2H3. The van der Waals surface area contributed by atoms with Crippen molar-refractivity contribution in [1.82, 2.24) is 4.90 Å². The first-order valence-corrected chi connectivity index (χ1v) is 10.8. The number of hydrogen-bond acceptors (Lipinski definition) is 2. The van der Waals surface area contributed by atoms with Crippen LogP contribution in [0.2, 0.25) is 0 Å². The molecule has 0 bridgehead atoms. The minimum absolute atomic E-state index is 0.765. The molecule has 1 aliphatic carbocycles. The maximum absolute atomic E-state index is 2.76. The predicted octanol–water partition coefficient (Wildman–Crippen LogP) is 5.81. The van der Waals surface area contributed by atoms with E-state index in [1.807, 2.05) is 11.8 Å². The van der Waals surface area contributed by atoms with Crippen molar-refractivity contribution in [2.75, 3.05) is 12.3 Å². The SMILES string of the molecule is CCSc1ccc(-c2ccc3c(c2)CCC(N2CCCC2C)C3)cc1. The molecule has 2 heteroatoms. The van der Waals surface area contributed by atoms with Gasteiger partial charge in [-0.1, -0.05) is 37.3 Å². The summed E-state index contributed by atoms with van der Waals surface area (Å²) < 4.78 is 0. The van der Waals surface area contributed by atoms with Crippen LogP contribution in [0, 0.1) is 0 Å². The van der Waals surface area contributed by atoms with Crippen LogP contribution >= 0.6 is 11.8 Å². The topological polar surface area (TPSA) is 3.24 Å². The van der Waals surface area contributed by atoms with Crippen LogP contribution in [0.1, 0.15) is 44.2 Å². The Labute approximate surface area is 156 Å². The third-order valence-electron chi connectivity index (χ3n) is 5.98. The van der Waals surface area contributed by atoms with E-state index in [1.54, 1.807) is 11.1 Å². The van der Waals surface area contributed by atoms with Gasteiger partial charge in [0.15, 0.2) is 0 Å². The van der Waals surface area contributed by atoms with Gasteiger partial charge in [-0.3, -0.25) is 4.90 Å². The Morgan fingerprint density at radius 2 is 1.80 bits per heavy atom. The molecule has 0 spiro atoms. The van der Waals surface area contributed by atoms with E-state index in [2.05, 4.69) is 61.2 Å². The maximum Gasteiger partial charge on any atom is 0.0142 e. The lowest BCUT2D eigenvalue weighted by Crippen LogP contribution is -2.41. The molecule has 2 unspecified atom stereocenters. The average Bonchev–Trinajstić information content (AvgIpc) is 3.08. The molecule has 2 aromatic rings. The first-order chi connectivity index (χ1) is 12.2. The highest BCUT2D eigenvalue weighted by Gasteiger charge is 2.30. The van der Waals surface area contributed by atoms with E-state index in [0.717, 1.165) is 17.8 Å². The summed E-state index contributed by atoms with van der Waals surface area (Å²) >= 11 is 1.91. The van der Waals surface area contributed by atoms with Crippen LogP contribution in [0.15, 0.2) is 47.4 Å². The van der Waals surface area contributed by atoms with Crippen molar-refractivity contribution in [2.24, 2.45) is 0 Å². The predicted molar refractivity (Wildman–Crippen MR) is 109 cm³/mol. The van der Waals surface area contributed by atoms with Crippen molar-refractivity contribution in [3.05, 3.63) is 53.6 Å². The molecule has 2 aliphatic rings. The Morgan fingerprint density at radius 1 is 1.00 bits per heavy atom. The summed E-state index contributed by atoms with van der Waals surface area (Å²) in [7, 11) is 0. The quantitative estimate of drug-likeness (QED) is 0.640. The fraction of sp³-hybridized carbons (Fsp3) is 0.478. The molecular formula is C23H29NS. The second kappa shape index (κ2) is 7.55. The first-order valence-electron chi connectivity index (χ1n) is 9.85. The van der Waals surface area contributed by atoms with Gasteiger partial charge >= 0.3 is 0 Å². The molecule has 2 atom stereocenters. The zero-order valence-electron chi connectivity index (χ0n) is 15.5. The number of hydrogen-bond donors (Lipinski definition) is 0. The van der Waals surface area contributed by atoms with E-state index in [0.29, 0.717) is 0 Å². The normalized spacial score (nSPS) is 23.6. The van der Waals surface area contributed by atoms with Gasteiger partial charge in [0, 0.05) is 17.0 Å². The Kier molecular flexibility index (Phi) is 5.19. The molecule has 0 saturated carbocycles. The highest BCUT2D eigenvalue weighted by atomic mass is 32.2. The van der Waals surface area contributed by atoms with Crippen LogP contribution in [0.4, 0.5) is 0 Å². The summed E-state index contributed by atoms with van der Waals surface area (Å²) in [5.74, 6) is 1.13. The monoisotopic (exact) mass is 351 g/mol. The van der Waals surface area contributed by atoms with Crippen LogP contribution in [0.25, 0.3) is 11.1 Å². The highest BCUT2D eigenvalue weighted by Crippen LogP contribution is 2.32. The van der Waals surface area contributed by atoms with Crippen LogP contribution in [-0.4, -0.2) is 29.3 Å². The van der Waals surface area contributed by atoms with Gasteiger partial charge in [0.25, 0.3) is 0 Å². The number of fused-ring (bicyclic) bond motifs is 1. The van der Waals surface area contributed by atoms with Gasteiger partial charge in [-0.05, 0) is 85.7 Å². The van der Waals surface area contributed by atoms with Gasteiger partial charge in [-0.2, -0.15) is 0 Å². The van der Waals surface area contributed by atoms with Crippen molar-refractivity contribution in [3.63, 3.8) is 0 Å². The zero-order chi connectivity index (χ0) is 17.2. The van der Waals surface area contributed by atoms with Crippen molar-refractivity contribution in [1.29, 1.82) is 0 Å². The third kappa shape index (κ3) is 3.66. The molecule has 0 aromatic heterocycles. The first kappa shape index (κ1) is 17.2.